The molecule has 0 saturated carbocycles. The Kier molecular flexibility index (Phi) is 4.81. The fraction of sp³-hybridized carbons (Fsp3) is 0.600. The molecule has 2 N–H and O–H groups in total. The largest absolute Gasteiger partial charge is 0.352 e. The monoisotopic (exact) mass is 294 g/mol. The lowest BCUT2D eigenvalue weighted by Crippen LogP contribution is -2.39. The highest BCUT2D eigenvalue weighted by atomic mass is 32.1. The minimum absolute atomic E-state index is 0.0377. The zero-order valence-electron chi connectivity index (χ0n) is 12.3. The first-order chi connectivity index (χ1) is 9.45. The predicted octanol–water partition coefficient (Wildman–Crippen LogP) is 2.13. The van der Waals surface area contributed by atoms with Gasteiger partial charge in [-0.25, -0.2) is 0 Å². The van der Waals surface area contributed by atoms with Crippen molar-refractivity contribution in [2.75, 3.05) is 6.54 Å². The van der Waals surface area contributed by atoms with Gasteiger partial charge in [0.15, 0.2) is 0 Å². The van der Waals surface area contributed by atoms with Crippen molar-refractivity contribution < 1.29 is 9.59 Å². The smallest absolute Gasteiger partial charge is 0.261 e. The zero-order valence-corrected chi connectivity index (χ0v) is 13.1. The number of carbonyl (C=O) groups excluding carboxylic acids is 2. The molecule has 4 nitrogen and oxygen atoms in total. The highest BCUT2D eigenvalue weighted by Crippen LogP contribution is 2.32. The second-order valence-corrected chi connectivity index (χ2v) is 6.95. The number of aryl methyl sites for hydroxylation is 1. The van der Waals surface area contributed by atoms with Crippen LogP contribution in [0.15, 0.2) is 6.07 Å². The van der Waals surface area contributed by atoms with Gasteiger partial charge in [-0.1, -0.05) is 6.92 Å². The topological polar surface area (TPSA) is 58.2 Å². The summed E-state index contributed by atoms with van der Waals surface area (Å²) in [6, 6.07) is 2.08. The molecule has 0 saturated heterocycles. The molecule has 5 heteroatoms. The molecule has 1 heterocycles. The van der Waals surface area contributed by atoms with Crippen LogP contribution in [0.5, 0.6) is 0 Å². The summed E-state index contributed by atoms with van der Waals surface area (Å²) in [5, 5.41) is 5.44. The Balaban J connectivity index is 1.92. The summed E-state index contributed by atoms with van der Waals surface area (Å²) < 4.78 is 0. The van der Waals surface area contributed by atoms with Crippen LogP contribution in [0.4, 0.5) is 0 Å². The second-order valence-electron chi connectivity index (χ2n) is 5.81. The van der Waals surface area contributed by atoms with E-state index in [1.165, 1.54) is 16.9 Å². The van der Waals surface area contributed by atoms with E-state index in [1.807, 2.05) is 19.9 Å². The second kappa shape index (κ2) is 6.39. The molecule has 110 valence electrons. The van der Waals surface area contributed by atoms with E-state index in [4.69, 9.17) is 0 Å². The van der Waals surface area contributed by atoms with E-state index in [1.54, 1.807) is 11.3 Å². The Labute approximate surface area is 124 Å². The van der Waals surface area contributed by atoms with E-state index in [0.717, 1.165) is 17.7 Å². The molecule has 2 rings (SSSR count). The Morgan fingerprint density at radius 3 is 2.90 bits per heavy atom. The van der Waals surface area contributed by atoms with Gasteiger partial charge in [-0.05, 0) is 50.7 Å². The van der Waals surface area contributed by atoms with Gasteiger partial charge < -0.3 is 10.6 Å². The van der Waals surface area contributed by atoms with E-state index in [9.17, 15) is 9.59 Å². The first-order valence-electron chi connectivity index (χ1n) is 7.15. The molecular weight excluding hydrogens is 272 g/mol. The third-order valence-corrected chi connectivity index (χ3v) is 4.65. The molecule has 1 aliphatic carbocycles. The maximum Gasteiger partial charge on any atom is 0.261 e. The summed E-state index contributed by atoms with van der Waals surface area (Å²) in [5.74, 6) is 0.407. The van der Waals surface area contributed by atoms with E-state index in [2.05, 4.69) is 17.6 Å². The first-order valence-corrected chi connectivity index (χ1v) is 7.96. The molecule has 1 unspecified atom stereocenters. The summed E-state index contributed by atoms with van der Waals surface area (Å²) in [6.45, 7) is 6.08. The maximum absolute atomic E-state index is 12.1. The summed E-state index contributed by atoms with van der Waals surface area (Å²) in [5.41, 5.74) is 1.31. The fourth-order valence-corrected chi connectivity index (χ4v) is 3.56. The summed E-state index contributed by atoms with van der Waals surface area (Å²) in [4.78, 5) is 25.6. The number of rotatable bonds is 4. The van der Waals surface area contributed by atoms with Crippen molar-refractivity contribution in [3.63, 3.8) is 0 Å². The molecule has 1 aliphatic rings. The van der Waals surface area contributed by atoms with E-state index in [0.29, 0.717) is 5.92 Å². The number of thiophene rings is 1. The molecule has 0 fully saturated rings. The minimum atomic E-state index is -0.150. The molecule has 1 atom stereocenters. The molecule has 1 aromatic heterocycles. The molecule has 0 aliphatic heterocycles. The van der Waals surface area contributed by atoms with Crippen LogP contribution in [0.2, 0.25) is 0 Å². The minimum Gasteiger partial charge on any atom is -0.352 e. The Bertz CT molecular complexity index is 508. The number of nitrogens with one attached hydrogen (secondary N) is 2. The van der Waals surface area contributed by atoms with Gasteiger partial charge in [0.2, 0.25) is 5.91 Å². The van der Waals surface area contributed by atoms with Crippen molar-refractivity contribution in [2.24, 2.45) is 5.92 Å². The Morgan fingerprint density at radius 1 is 1.45 bits per heavy atom. The lowest BCUT2D eigenvalue weighted by molar-refractivity contribution is -0.120. The van der Waals surface area contributed by atoms with Gasteiger partial charge in [0.1, 0.15) is 0 Å². The summed E-state index contributed by atoms with van der Waals surface area (Å²) in [7, 11) is 0. The third-order valence-electron chi connectivity index (χ3n) is 3.41. The van der Waals surface area contributed by atoms with E-state index < -0.39 is 0 Å². The normalized spacial score (nSPS) is 17.7. The summed E-state index contributed by atoms with van der Waals surface area (Å²) >= 11 is 1.57. The van der Waals surface area contributed by atoms with Gasteiger partial charge in [0.25, 0.3) is 5.91 Å². The van der Waals surface area contributed by atoms with Crippen LogP contribution in [0, 0.1) is 5.92 Å². The van der Waals surface area contributed by atoms with Gasteiger partial charge in [-0.15, -0.1) is 11.3 Å². The van der Waals surface area contributed by atoms with Gasteiger partial charge in [0, 0.05) is 10.9 Å². The van der Waals surface area contributed by atoms with Crippen molar-refractivity contribution in [3.05, 3.63) is 21.4 Å². The van der Waals surface area contributed by atoms with Crippen LogP contribution in [-0.4, -0.2) is 24.4 Å². The number of hydrogen-bond acceptors (Lipinski definition) is 3. The van der Waals surface area contributed by atoms with Crippen LogP contribution in [0.1, 0.15) is 47.3 Å². The van der Waals surface area contributed by atoms with Crippen LogP contribution >= 0.6 is 11.3 Å². The molecule has 1 aromatic rings. The van der Waals surface area contributed by atoms with E-state index >= 15 is 0 Å². The van der Waals surface area contributed by atoms with Crippen LogP contribution in [-0.2, 0) is 17.6 Å². The lowest BCUT2D eigenvalue weighted by Gasteiger charge is -2.16. The Morgan fingerprint density at radius 2 is 2.20 bits per heavy atom. The van der Waals surface area contributed by atoms with Gasteiger partial charge in [0.05, 0.1) is 11.4 Å². The molecule has 0 bridgehead atoms. The highest BCUT2D eigenvalue weighted by molar-refractivity contribution is 7.14. The zero-order chi connectivity index (χ0) is 14.7. The Hall–Kier alpha value is -1.36. The number of carbonyl (C=O) groups is 2. The number of fused-ring (bicyclic) bond motifs is 1. The number of hydrogen-bond donors (Lipinski definition) is 2. The molecule has 0 aromatic carbocycles. The highest BCUT2D eigenvalue weighted by Gasteiger charge is 2.20. The SMILES string of the molecule is CC1CCc2sc(C(=O)NCC(=O)NC(C)C)cc2C1. The molecule has 0 spiro atoms. The van der Waals surface area contributed by atoms with Gasteiger partial charge in [-0.2, -0.15) is 0 Å². The van der Waals surface area contributed by atoms with Crippen molar-refractivity contribution in [3.8, 4) is 0 Å². The molecular formula is C15H22N2O2S. The number of amides is 2. The average molecular weight is 294 g/mol. The maximum atomic E-state index is 12.1. The standard InChI is InChI=1S/C15H22N2O2S/c1-9(2)17-14(18)8-16-15(19)13-7-11-6-10(3)4-5-12(11)20-13/h7,9-10H,4-6,8H2,1-3H3,(H,16,19)(H,17,18). The van der Waals surface area contributed by atoms with Crippen LogP contribution < -0.4 is 10.6 Å². The quantitative estimate of drug-likeness (QED) is 0.893. The van der Waals surface area contributed by atoms with Crippen molar-refractivity contribution in [1.29, 1.82) is 0 Å². The van der Waals surface area contributed by atoms with Crippen LogP contribution in [0.25, 0.3) is 0 Å². The molecule has 20 heavy (non-hydrogen) atoms. The van der Waals surface area contributed by atoms with Crippen molar-refractivity contribution >= 4 is 23.2 Å². The van der Waals surface area contributed by atoms with Crippen molar-refractivity contribution in [2.45, 2.75) is 46.1 Å². The van der Waals surface area contributed by atoms with Gasteiger partial charge in [-0.3, -0.25) is 9.59 Å². The van der Waals surface area contributed by atoms with E-state index in [-0.39, 0.29) is 24.4 Å². The predicted molar refractivity (Wildman–Crippen MR) is 81.1 cm³/mol. The third kappa shape index (κ3) is 3.82. The lowest BCUT2D eigenvalue weighted by atomic mass is 9.90. The first kappa shape index (κ1) is 15.0. The van der Waals surface area contributed by atoms with Crippen molar-refractivity contribution in [1.82, 2.24) is 10.6 Å². The van der Waals surface area contributed by atoms with Gasteiger partial charge >= 0.3 is 0 Å². The average Bonchev–Trinajstić information content (AvgIpc) is 2.78. The molecule has 0 radical (unpaired) electrons. The van der Waals surface area contributed by atoms with Crippen LogP contribution in [0.3, 0.4) is 0 Å². The fourth-order valence-electron chi connectivity index (χ4n) is 2.44. The summed E-state index contributed by atoms with van der Waals surface area (Å²) in [6.07, 6.45) is 3.33. The molecule has 2 amide bonds.